The zero-order valence-electron chi connectivity index (χ0n) is 11.5. The van der Waals surface area contributed by atoms with Crippen LogP contribution in [0.1, 0.15) is 56.5 Å². The van der Waals surface area contributed by atoms with Gasteiger partial charge in [0.15, 0.2) is 0 Å². The number of aromatic nitrogens is 2. The third-order valence-corrected chi connectivity index (χ3v) is 5.40. The molecule has 0 aromatic carbocycles. The number of H-pyrrole nitrogens is 1. The smallest absolute Gasteiger partial charge is 0.144 e. The molecule has 3 nitrogen and oxygen atoms in total. The van der Waals surface area contributed by atoms with Gasteiger partial charge in [-0.1, -0.05) is 38.4 Å². The highest BCUT2D eigenvalue weighted by atomic mass is 79.9. The lowest BCUT2D eigenvalue weighted by molar-refractivity contribution is 0.180. The first-order chi connectivity index (χ1) is 9.15. The minimum atomic E-state index is 0.518. The molecule has 106 valence electrons. The van der Waals surface area contributed by atoms with Crippen molar-refractivity contribution in [2.75, 3.05) is 7.11 Å². The largest absolute Gasteiger partial charge is 0.378 e. The van der Waals surface area contributed by atoms with Crippen LogP contribution in [0.25, 0.3) is 0 Å². The molecule has 1 aliphatic carbocycles. The second-order valence-electron chi connectivity index (χ2n) is 5.29. The van der Waals surface area contributed by atoms with Crippen LogP contribution in [0.5, 0.6) is 0 Å². The summed E-state index contributed by atoms with van der Waals surface area (Å²) in [6.45, 7) is 2.81. The number of aromatic amines is 1. The van der Waals surface area contributed by atoms with E-state index in [0.29, 0.717) is 17.2 Å². The Bertz CT molecular complexity index is 489. The van der Waals surface area contributed by atoms with E-state index in [9.17, 15) is 0 Å². The normalized spacial score (nSPS) is 23.5. The van der Waals surface area contributed by atoms with Crippen LogP contribution >= 0.6 is 28.1 Å². The van der Waals surface area contributed by atoms with Crippen molar-refractivity contribution in [3.05, 3.63) is 20.6 Å². The lowest BCUT2D eigenvalue weighted by atomic mass is 9.80. The van der Waals surface area contributed by atoms with Gasteiger partial charge in [0.05, 0.1) is 16.8 Å². The van der Waals surface area contributed by atoms with E-state index in [4.69, 9.17) is 17.0 Å². The Hall–Kier alpha value is -0.260. The van der Waals surface area contributed by atoms with E-state index < -0.39 is 0 Å². The lowest BCUT2D eigenvalue weighted by Gasteiger charge is -2.28. The Balaban J connectivity index is 2.26. The molecule has 0 aliphatic heterocycles. The summed E-state index contributed by atoms with van der Waals surface area (Å²) in [6, 6.07) is 0. The Labute approximate surface area is 128 Å². The molecule has 0 bridgehead atoms. The van der Waals surface area contributed by atoms with Crippen molar-refractivity contribution in [1.29, 1.82) is 0 Å². The van der Waals surface area contributed by atoms with Crippen molar-refractivity contribution in [3.8, 4) is 0 Å². The summed E-state index contributed by atoms with van der Waals surface area (Å²) in [5.74, 6) is 2.39. The van der Waals surface area contributed by atoms with Gasteiger partial charge in [0, 0.05) is 13.0 Å². The van der Waals surface area contributed by atoms with E-state index >= 15 is 0 Å². The monoisotopic (exact) mass is 344 g/mol. The minimum Gasteiger partial charge on any atom is -0.378 e. The molecular weight excluding hydrogens is 324 g/mol. The second-order valence-corrected chi connectivity index (χ2v) is 6.47. The fraction of sp³-hybridized carbons (Fsp3) is 0.714. The van der Waals surface area contributed by atoms with Crippen LogP contribution in [0.15, 0.2) is 4.47 Å². The number of hydrogen-bond donors (Lipinski definition) is 1. The Kier molecular flexibility index (Phi) is 5.54. The minimum absolute atomic E-state index is 0.518. The number of hydrogen-bond acceptors (Lipinski definition) is 3. The van der Waals surface area contributed by atoms with Crippen LogP contribution in [-0.4, -0.2) is 17.1 Å². The molecule has 1 fully saturated rings. The van der Waals surface area contributed by atoms with E-state index in [0.717, 1.165) is 21.9 Å². The van der Waals surface area contributed by atoms with E-state index in [2.05, 4.69) is 32.8 Å². The van der Waals surface area contributed by atoms with Crippen molar-refractivity contribution in [3.63, 3.8) is 0 Å². The highest BCUT2D eigenvalue weighted by molar-refractivity contribution is 9.10. The number of nitrogens with one attached hydrogen (secondary N) is 1. The molecule has 0 radical (unpaired) electrons. The molecule has 1 aromatic heterocycles. The molecule has 1 saturated carbocycles. The topological polar surface area (TPSA) is 37.9 Å². The summed E-state index contributed by atoms with van der Waals surface area (Å²) in [6.07, 6.45) is 6.35. The zero-order valence-corrected chi connectivity index (χ0v) is 13.9. The van der Waals surface area contributed by atoms with E-state index in [1.54, 1.807) is 7.11 Å². The van der Waals surface area contributed by atoms with Gasteiger partial charge in [-0.25, -0.2) is 4.98 Å². The van der Waals surface area contributed by atoms with E-state index in [1.807, 2.05) is 0 Å². The van der Waals surface area contributed by atoms with Crippen LogP contribution in [0, 0.1) is 10.6 Å². The van der Waals surface area contributed by atoms with E-state index in [1.165, 1.54) is 32.1 Å². The Morgan fingerprint density at radius 3 is 2.95 bits per heavy atom. The van der Waals surface area contributed by atoms with Crippen LogP contribution in [0.3, 0.4) is 0 Å². The average Bonchev–Trinajstić information content (AvgIpc) is 2.44. The second kappa shape index (κ2) is 6.95. The van der Waals surface area contributed by atoms with Crippen molar-refractivity contribution in [1.82, 2.24) is 9.97 Å². The van der Waals surface area contributed by atoms with Crippen LogP contribution in [-0.2, 0) is 11.3 Å². The van der Waals surface area contributed by atoms with Gasteiger partial charge < -0.3 is 9.72 Å². The van der Waals surface area contributed by atoms with Crippen molar-refractivity contribution in [2.45, 2.75) is 51.6 Å². The summed E-state index contributed by atoms with van der Waals surface area (Å²) in [7, 11) is 1.69. The lowest BCUT2D eigenvalue weighted by Crippen LogP contribution is -2.17. The maximum Gasteiger partial charge on any atom is 0.144 e. The standard InChI is InChI=1S/C14H21BrN2OS/c1-3-9-5-4-6-10(7-9)13-16-11(8-18-2)12(15)14(19)17-13/h9-10H,3-8H2,1-2H3,(H,16,17,19). The third kappa shape index (κ3) is 3.64. The molecule has 0 spiro atoms. The molecular formula is C14H21BrN2OS. The van der Waals surface area contributed by atoms with Gasteiger partial charge in [0.2, 0.25) is 0 Å². The molecule has 1 aliphatic rings. The predicted octanol–water partition coefficient (Wildman–Crippen LogP) is 4.73. The predicted molar refractivity (Wildman–Crippen MR) is 82.8 cm³/mol. The molecule has 1 aromatic rings. The number of ether oxygens (including phenoxy) is 1. The number of rotatable bonds is 4. The first-order valence-electron chi connectivity index (χ1n) is 6.93. The molecule has 0 amide bonds. The molecule has 2 atom stereocenters. The highest BCUT2D eigenvalue weighted by Crippen LogP contribution is 2.36. The molecule has 5 heteroatoms. The molecule has 19 heavy (non-hydrogen) atoms. The van der Waals surface area contributed by atoms with Gasteiger partial charge in [-0.3, -0.25) is 0 Å². The molecule has 1 N–H and O–H groups in total. The van der Waals surface area contributed by atoms with Crippen molar-refractivity contribution in [2.24, 2.45) is 5.92 Å². The Morgan fingerprint density at radius 2 is 2.26 bits per heavy atom. The first kappa shape index (κ1) is 15.1. The maximum atomic E-state index is 5.34. The quantitative estimate of drug-likeness (QED) is 0.802. The summed E-state index contributed by atoms with van der Waals surface area (Å²) in [5.41, 5.74) is 0.996. The maximum absolute atomic E-state index is 5.34. The first-order valence-corrected chi connectivity index (χ1v) is 8.13. The molecule has 1 heterocycles. The van der Waals surface area contributed by atoms with Gasteiger partial charge in [0.1, 0.15) is 10.5 Å². The highest BCUT2D eigenvalue weighted by Gasteiger charge is 2.24. The molecule has 2 rings (SSSR count). The van der Waals surface area contributed by atoms with E-state index in [-0.39, 0.29) is 0 Å². The third-order valence-electron chi connectivity index (χ3n) is 3.99. The van der Waals surface area contributed by atoms with Crippen molar-refractivity contribution < 1.29 is 4.74 Å². The van der Waals surface area contributed by atoms with Gasteiger partial charge in [-0.15, -0.1) is 0 Å². The van der Waals surface area contributed by atoms with Gasteiger partial charge in [-0.2, -0.15) is 0 Å². The summed E-state index contributed by atoms with van der Waals surface area (Å²) >= 11 is 8.82. The zero-order chi connectivity index (χ0) is 13.8. The number of methoxy groups -OCH3 is 1. The van der Waals surface area contributed by atoms with Gasteiger partial charge >= 0.3 is 0 Å². The van der Waals surface area contributed by atoms with Crippen LogP contribution in [0.2, 0.25) is 0 Å². The number of halogens is 1. The van der Waals surface area contributed by atoms with Gasteiger partial charge in [0.25, 0.3) is 0 Å². The molecule has 2 unspecified atom stereocenters. The summed E-state index contributed by atoms with van der Waals surface area (Å²) in [5, 5.41) is 0. The van der Waals surface area contributed by atoms with Crippen LogP contribution in [0.4, 0.5) is 0 Å². The average molecular weight is 345 g/mol. The number of nitrogens with zero attached hydrogens (tertiary/aromatic N) is 1. The fourth-order valence-corrected chi connectivity index (χ4v) is 3.40. The SMILES string of the molecule is CCC1CCCC(c2nc(=S)c(Br)c(COC)[nH]2)C1. The van der Waals surface area contributed by atoms with Gasteiger partial charge in [-0.05, 0) is 34.7 Å². The summed E-state index contributed by atoms with van der Waals surface area (Å²) < 4.78 is 6.71. The fourth-order valence-electron chi connectivity index (χ4n) is 2.87. The summed E-state index contributed by atoms with van der Waals surface area (Å²) in [4.78, 5) is 7.98. The van der Waals surface area contributed by atoms with Crippen molar-refractivity contribution >= 4 is 28.1 Å². The van der Waals surface area contributed by atoms with Crippen LogP contribution < -0.4 is 0 Å². The Morgan fingerprint density at radius 1 is 1.47 bits per heavy atom. The molecule has 0 saturated heterocycles.